The van der Waals surface area contributed by atoms with Crippen molar-refractivity contribution in [3.8, 4) is 0 Å². The third-order valence-electron chi connectivity index (χ3n) is 2.95. The van der Waals surface area contributed by atoms with E-state index in [2.05, 4.69) is 10.6 Å². The van der Waals surface area contributed by atoms with Crippen LogP contribution in [0.15, 0.2) is 22.8 Å². The van der Waals surface area contributed by atoms with E-state index >= 15 is 0 Å². The van der Waals surface area contributed by atoms with Crippen LogP contribution in [0.5, 0.6) is 0 Å². The van der Waals surface area contributed by atoms with Gasteiger partial charge < -0.3 is 20.2 Å². The molecule has 0 radical (unpaired) electrons. The van der Waals surface area contributed by atoms with Gasteiger partial charge in [0, 0.05) is 24.9 Å². The van der Waals surface area contributed by atoms with Crippen LogP contribution in [0.4, 0.5) is 4.79 Å². The zero-order valence-electron chi connectivity index (χ0n) is 11.9. The van der Waals surface area contributed by atoms with Crippen molar-refractivity contribution < 1.29 is 19.1 Å². The van der Waals surface area contributed by atoms with Gasteiger partial charge in [0.15, 0.2) is 0 Å². The molecule has 0 aliphatic carbocycles. The van der Waals surface area contributed by atoms with E-state index in [0.29, 0.717) is 6.42 Å². The van der Waals surface area contributed by atoms with Gasteiger partial charge in [-0.15, -0.1) is 0 Å². The average molecular weight is 282 g/mol. The van der Waals surface area contributed by atoms with Crippen LogP contribution in [-0.2, 0) is 11.2 Å². The third kappa shape index (κ3) is 6.82. The van der Waals surface area contributed by atoms with E-state index in [1.54, 1.807) is 13.2 Å². The van der Waals surface area contributed by atoms with Crippen molar-refractivity contribution in [1.82, 2.24) is 10.6 Å². The molecule has 0 aliphatic rings. The highest BCUT2D eigenvalue weighted by molar-refractivity contribution is 5.74. The van der Waals surface area contributed by atoms with Gasteiger partial charge in [0.05, 0.1) is 6.26 Å². The highest BCUT2D eigenvalue weighted by Gasteiger charge is 2.11. The lowest BCUT2D eigenvalue weighted by Gasteiger charge is -2.17. The second kappa shape index (κ2) is 8.24. The predicted molar refractivity (Wildman–Crippen MR) is 74.5 cm³/mol. The smallest absolute Gasteiger partial charge is 0.315 e. The van der Waals surface area contributed by atoms with E-state index in [0.717, 1.165) is 18.6 Å². The molecule has 112 valence electrons. The SMILES string of the molecule is CC(CCC(=O)O)NC(=O)NC(C)CCc1ccco1. The van der Waals surface area contributed by atoms with Crippen molar-refractivity contribution in [3.05, 3.63) is 24.2 Å². The number of aliphatic carboxylic acids is 1. The first-order valence-corrected chi connectivity index (χ1v) is 6.78. The number of hydrogen-bond donors (Lipinski definition) is 3. The Kier molecular flexibility index (Phi) is 6.63. The van der Waals surface area contributed by atoms with Gasteiger partial charge in [-0.1, -0.05) is 0 Å². The van der Waals surface area contributed by atoms with Gasteiger partial charge in [-0.05, 0) is 38.8 Å². The topological polar surface area (TPSA) is 91.6 Å². The second-order valence-corrected chi connectivity index (χ2v) is 4.97. The number of carbonyl (C=O) groups is 2. The fourth-order valence-electron chi connectivity index (χ4n) is 1.79. The molecule has 0 saturated carbocycles. The number of amides is 2. The molecule has 1 aromatic heterocycles. The fraction of sp³-hybridized carbons (Fsp3) is 0.571. The molecule has 1 heterocycles. The molecule has 2 atom stereocenters. The third-order valence-corrected chi connectivity index (χ3v) is 2.95. The number of urea groups is 1. The quantitative estimate of drug-likeness (QED) is 0.681. The summed E-state index contributed by atoms with van der Waals surface area (Å²) in [4.78, 5) is 22.1. The molecule has 20 heavy (non-hydrogen) atoms. The molecular weight excluding hydrogens is 260 g/mol. The summed E-state index contributed by atoms with van der Waals surface area (Å²) < 4.78 is 5.22. The van der Waals surface area contributed by atoms with Crippen LogP contribution >= 0.6 is 0 Å². The lowest BCUT2D eigenvalue weighted by molar-refractivity contribution is -0.137. The van der Waals surface area contributed by atoms with Gasteiger partial charge in [-0.25, -0.2) is 4.79 Å². The summed E-state index contributed by atoms with van der Waals surface area (Å²) in [5, 5.41) is 14.1. The highest BCUT2D eigenvalue weighted by Crippen LogP contribution is 2.05. The largest absolute Gasteiger partial charge is 0.481 e. The van der Waals surface area contributed by atoms with E-state index < -0.39 is 5.97 Å². The maximum atomic E-state index is 11.7. The van der Waals surface area contributed by atoms with Crippen LogP contribution < -0.4 is 10.6 Å². The fourth-order valence-corrected chi connectivity index (χ4v) is 1.79. The summed E-state index contributed by atoms with van der Waals surface area (Å²) in [5.74, 6) is 0.0414. The van der Waals surface area contributed by atoms with Gasteiger partial charge >= 0.3 is 12.0 Å². The van der Waals surface area contributed by atoms with Crippen molar-refractivity contribution in [1.29, 1.82) is 0 Å². The summed E-state index contributed by atoms with van der Waals surface area (Å²) >= 11 is 0. The number of carbonyl (C=O) groups excluding carboxylic acids is 1. The summed E-state index contributed by atoms with van der Waals surface area (Å²) in [6, 6.07) is 3.33. The van der Waals surface area contributed by atoms with Gasteiger partial charge in [0.1, 0.15) is 5.76 Å². The Labute approximate surface area is 118 Å². The van der Waals surface area contributed by atoms with E-state index in [1.165, 1.54) is 0 Å². The maximum absolute atomic E-state index is 11.7. The maximum Gasteiger partial charge on any atom is 0.315 e. The molecule has 0 aromatic carbocycles. The molecule has 2 amide bonds. The first kappa shape index (κ1) is 16.1. The van der Waals surface area contributed by atoms with E-state index in [4.69, 9.17) is 9.52 Å². The van der Waals surface area contributed by atoms with Crippen molar-refractivity contribution in [2.24, 2.45) is 0 Å². The van der Waals surface area contributed by atoms with Crippen LogP contribution in [-0.4, -0.2) is 29.2 Å². The molecule has 1 rings (SSSR count). The number of carboxylic acids is 1. The van der Waals surface area contributed by atoms with Gasteiger partial charge in [-0.2, -0.15) is 0 Å². The zero-order chi connectivity index (χ0) is 15.0. The van der Waals surface area contributed by atoms with Crippen LogP contribution in [0.25, 0.3) is 0 Å². The molecule has 0 bridgehead atoms. The van der Waals surface area contributed by atoms with Crippen LogP contribution in [0.3, 0.4) is 0 Å². The normalized spacial score (nSPS) is 13.5. The molecule has 6 heteroatoms. The lowest BCUT2D eigenvalue weighted by atomic mass is 10.1. The molecule has 0 aliphatic heterocycles. The van der Waals surface area contributed by atoms with Gasteiger partial charge in [-0.3, -0.25) is 4.79 Å². The summed E-state index contributed by atoms with van der Waals surface area (Å²) in [6.45, 7) is 3.71. The number of hydrogen-bond acceptors (Lipinski definition) is 3. The van der Waals surface area contributed by atoms with Gasteiger partial charge in [0.2, 0.25) is 0 Å². The summed E-state index contributed by atoms with van der Waals surface area (Å²) in [7, 11) is 0. The van der Waals surface area contributed by atoms with Crippen LogP contribution in [0, 0.1) is 0 Å². The molecule has 3 N–H and O–H groups in total. The molecule has 0 spiro atoms. The Morgan fingerprint density at radius 2 is 1.90 bits per heavy atom. The molecule has 1 aromatic rings. The predicted octanol–water partition coefficient (Wildman–Crippen LogP) is 2.15. The Balaban J connectivity index is 2.18. The Morgan fingerprint density at radius 1 is 1.25 bits per heavy atom. The minimum atomic E-state index is -0.856. The molecule has 2 unspecified atom stereocenters. The average Bonchev–Trinajstić information content (AvgIpc) is 2.86. The number of carboxylic acid groups (broad SMARTS) is 1. The first-order valence-electron chi connectivity index (χ1n) is 6.78. The number of nitrogens with one attached hydrogen (secondary N) is 2. The second-order valence-electron chi connectivity index (χ2n) is 4.97. The van der Waals surface area contributed by atoms with Crippen molar-refractivity contribution >= 4 is 12.0 Å². The Morgan fingerprint density at radius 3 is 2.45 bits per heavy atom. The van der Waals surface area contributed by atoms with E-state index in [1.807, 2.05) is 19.1 Å². The number of furan rings is 1. The molecule has 6 nitrogen and oxygen atoms in total. The summed E-state index contributed by atoms with van der Waals surface area (Å²) in [6.07, 6.45) is 3.65. The molecule has 0 fully saturated rings. The van der Waals surface area contributed by atoms with Crippen molar-refractivity contribution in [2.45, 2.75) is 51.6 Å². The Bertz CT molecular complexity index is 417. The van der Waals surface area contributed by atoms with Crippen molar-refractivity contribution in [3.63, 3.8) is 0 Å². The van der Waals surface area contributed by atoms with Crippen molar-refractivity contribution in [2.75, 3.05) is 0 Å². The van der Waals surface area contributed by atoms with Crippen LogP contribution in [0.1, 0.15) is 38.9 Å². The number of aryl methyl sites for hydroxylation is 1. The molecular formula is C14H22N2O4. The number of rotatable bonds is 8. The first-order chi connectivity index (χ1) is 9.47. The standard InChI is InChI=1S/C14H22N2O4/c1-10(5-7-12-4-3-9-20-12)15-14(19)16-11(2)6-8-13(17)18/h3-4,9-11H,5-8H2,1-2H3,(H,17,18)(H2,15,16,19). The van der Waals surface area contributed by atoms with E-state index in [-0.39, 0.29) is 24.5 Å². The highest BCUT2D eigenvalue weighted by atomic mass is 16.4. The van der Waals surface area contributed by atoms with E-state index in [9.17, 15) is 9.59 Å². The molecule has 0 saturated heterocycles. The summed E-state index contributed by atoms with van der Waals surface area (Å²) in [5.41, 5.74) is 0. The lowest BCUT2D eigenvalue weighted by Crippen LogP contribution is -2.44. The zero-order valence-corrected chi connectivity index (χ0v) is 11.9. The minimum absolute atomic E-state index is 0.0202. The minimum Gasteiger partial charge on any atom is -0.481 e. The Hall–Kier alpha value is -1.98. The van der Waals surface area contributed by atoms with Crippen LogP contribution in [0.2, 0.25) is 0 Å². The monoisotopic (exact) mass is 282 g/mol. The van der Waals surface area contributed by atoms with Gasteiger partial charge in [0.25, 0.3) is 0 Å².